The van der Waals surface area contributed by atoms with Crippen LogP contribution >= 0.6 is 15.9 Å². The fraction of sp³-hybridized carbons (Fsp3) is 0.174. The number of nitrogens with zero attached hydrogens (tertiary/aromatic N) is 4. The van der Waals surface area contributed by atoms with Gasteiger partial charge in [0.25, 0.3) is 11.2 Å². The Kier molecular flexibility index (Phi) is 6.00. The molecule has 2 aromatic carbocycles. The van der Waals surface area contributed by atoms with Gasteiger partial charge in [0.15, 0.2) is 0 Å². The molecule has 0 aliphatic rings. The molecule has 0 spiro atoms. The molecule has 0 N–H and O–H groups in total. The summed E-state index contributed by atoms with van der Waals surface area (Å²) >= 11 is 3.39. The maximum atomic E-state index is 13.2. The topological polar surface area (TPSA) is 104 Å². The van der Waals surface area contributed by atoms with Gasteiger partial charge in [0.2, 0.25) is 0 Å². The summed E-state index contributed by atoms with van der Waals surface area (Å²) in [5.74, 6) is 1.25. The molecule has 8 nitrogen and oxygen atoms in total. The highest BCUT2D eigenvalue weighted by atomic mass is 79.9. The number of hydrogen-bond acceptors (Lipinski definition) is 6. The Morgan fingerprint density at radius 3 is 2.78 bits per heavy atom. The van der Waals surface area contributed by atoms with E-state index in [2.05, 4.69) is 26.0 Å². The second-order valence-corrected chi connectivity index (χ2v) is 8.19. The van der Waals surface area contributed by atoms with Gasteiger partial charge in [-0.25, -0.2) is 4.98 Å². The molecule has 0 aliphatic carbocycles. The van der Waals surface area contributed by atoms with Gasteiger partial charge in [-0.2, -0.15) is 9.78 Å². The first kappa shape index (κ1) is 21.6. The molecule has 9 heteroatoms. The van der Waals surface area contributed by atoms with Crippen molar-refractivity contribution in [2.45, 2.75) is 26.2 Å². The highest BCUT2D eigenvalue weighted by Crippen LogP contribution is 2.30. The highest BCUT2D eigenvalue weighted by molar-refractivity contribution is 9.10. The lowest BCUT2D eigenvalue weighted by Crippen LogP contribution is -2.23. The SMILES string of the molecule is CC[C@@H](C)c1nc2ccc(Br)cc2c(=O)n1N=Cc1ccc(-c2ccccc2[N+](=O)[O-])o1. The summed E-state index contributed by atoms with van der Waals surface area (Å²) < 4.78 is 7.82. The summed E-state index contributed by atoms with van der Waals surface area (Å²) in [6, 6.07) is 15.0. The van der Waals surface area contributed by atoms with Crippen molar-refractivity contribution in [1.29, 1.82) is 0 Å². The second kappa shape index (κ2) is 8.88. The Bertz CT molecular complexity index is 1410. The molecule has 0 bridgehead atoms. The van der Waals surface area contributed by atoms with E-state index in [-0.39, 0.29) is 17.2 Å². The minimum atomic E-state index is -0.456. The second-order valence-electron chi connectivity index (χ2n) is 7.28. The van der Waals surface area contributed by atoms with Crippen molar-refractivity contribution >= 4 is 38.7 Å². The number of halogens is 1. The number of furan rings is 1. The first-order chi connectivity index (χ1) is 15.4. The van der Waals surface area contributed by atoms with Crippen molar-refractivity contribution in [3.8, 4) is 11.3 Å². The Morgan fingerprint density at radius 2 is 2.03 bits per heavy atom. The van der Waals surface area contributed by atoms with E-state index in [1.165, 1.54) is 17.0 Å². The van der Waals surface area contributed by atoms with E-state index in [9.17, 15) is 14.9 Å². The van der Waals surface area contributed by atoms with Gasteiger partial charge in [-0.05, 0) is 42.8 Å². The predicted molar refractivity (Wildman–Crippen MR) is 126 cm³/mol. The van der Waals surface area contributed by atoms with Gasteiger partial charge in [-0.15, -0.1) is 0 Å². The van der Waals surface area contributed by atoms with Gasteiger partial charge in [0.1, 0.15) is 17.3 Å². The number of aromatic nitrogens is 2. The molecule has 162 valence electrons. The fourth-order valence-corrected chi connectivity index (χ4v) is 3.66. The van der Waals surface area contributed by atoms with E-state index >= 15 is 0 Å². The summed E-state index contributed by atoms with van der Waals surface area (Å²) in [4.78, 5) is 28.7. The van der Waals surface area contributed by atoms with Gasteiger partial charge in [-0.3, -0.25) is 14.9 Å². The van der Waals surface area contributed by atoms with Crippen LogP contribution in [-0.2, 0) is 0 Å². The van der Waals surface area contributed by atoms with Gasteiger partial charge >= 0.3 is 0 Å². The van der Waals surface area contributed by atoms with Crippen molar-refractivity contribution in [2.24, 2.45) is 5.10 Å². The van der Waals surface area contributed by atoms with E-state index in [4.69, 9.17) is 4.42 Å². The largest absolute Gasteiger partial charge is 0.455 e. The van der Waals surface area contributed by atoms with Crippen molar-refractivity contribution in [3.05, 3.63) is 91.1 Å². The lowest BCUT2D eigenvalue weighted by atomic mass is 10.1. The van der Waals surface area contributed by atoms with Crippen molar-refractivity contribution in [3.63, 3.8) is 0 Å². The van der Waals surface area contributed by atoms with Crippen LogP contribution in [0.3, 0.4) is 0 Å². The van der Waals surface area contributed by atoms with Gasteiger partial charge in [0, 0.05) is 16.5 Å². The zero-order valence-electron chi connectivity index (χ0n) is 17.4. The lowest BCUT2D eigenvalue weighted by molar-refractivity contribution is -0.384. The average molecular weight is 495 g/mol. The van der Waals surface area contributed by atoms with Crippen molar-refractivity contribution in [1.82, 2.24) is 9.66 Å². The Balaban J connectivity index is 1.77. The molecule has 0 saturated heterocycles. The van der Waals surface area contributed by atoms with Crippen LogP contribution in [0.2, 0.25) is 0 Å². The monoisotopic (exact) mass is 494 g/mol. The van der Waals surface area contributed by atoms with Gasteiger partial charge in [0.05, 0.1) is 27.6 Å². The lowest BCUT2D eigenvalue weighted by Gasteiger charge is -2.13. The minimum Gasteiger partial charge on any atom is -0.455 e. The summed E-state index contributed by atoms with van der Waals surface area (Å²) in [6.07, 6.45) is 2.20. The summed E-state index contributed by atoms with van der Waals surface area (Å²) in [6.45, 7) is 4.00. The first-order valence-electron chi connectivity index (χ1n) is 9.99. The molecular formula is C23H19BrN4O4. The third-order valence-electron chi connectivity index (χ3n) is 5.18. The third-order valence-corrected chi connectivity index (χ3v) is 5.67. The van der Waals surface area contributed by atoms with Crippen LogP contribution in [0.1, 0.15) is 37.8 Å². The number of benzene rings is 2. The number of hydrogen-bond donors (Lipinski definition) is 0. The molecule has 4 rings (SSSR count). The summed E-state index contributed by atoms with van der Waals surface area (Å²) in [5, 5.41) is 16.1. The molecule has 0 fully saturated rings. The van der Waals surface area contributed by atoms with Crippen molar-refractivity contribution in [2.75, 3.05) is 0 Å². The van der Waals surface area contributed by atoms with E-state index in [1.54, 1.807) is 42.5 Å². The van der Waals surface area contributed by atoms with E-state index in [0.29, 0.717) is 33.8 Å². The molecule has 0 unspecified atom stereocenters. The molecule has 32 heavy (non-hydrogen) atoms. The molecule has 0 radical (unpaired) electrons. The fourth-order valence-electron chi connectivity index (χ4n) is 3.30. The predicted octanol–water partition coefficient (Wildman–Crippen LogP) is 5.72. The molecule has 0 aliphatic heterocycles. The van der Waals surface area contributed by atoms with Crippen LogP contribution in [0.5, 0.6) is 0 Å². The quantitative estimate of drug-likeness (QED) is 0.193. The molecule has 0 amide bonds. The van der Waals surface area contributed by atoms with Crippen LogP contribution in [0.15, 0.2) is 73.4 Å². The van der Waals surface area contributed by atoms with Gasteiger partial charge in [-0.1, -0.05) is 41.9 Å². The molecule has 1 atom stereocenters. The number of para-hydroxylation sites is 1. The van der Waals surface area contributed by atoms with Crippen LogP contribution in [0.25, 0.3) is 22.2 Å². The normalized spacial score (nSPS) is 12.5. The van der Waals surface area contributed by atoms with E-state index in [1.807, 2.05) is 19.9 Å². The average Bonchev–Trinajstić information content (AvgIpc) is 3.27. The zero-order chi connectivity index (χ0) is 22.8. The van der Waals surface area contributed by atoms with Crippen LogP contribution in [0.4, 0.5) is 5.69 Å². The summed E-state index contributed by atoms with van der Waals surface area (Å²) in [7, 11) is 0. The van der Waals surface area contributed by atoms with Crippen LogP contribution < -0.4 is 5.56 Å². The molecule has 2 heterocycles. The maximum absolute atomic E-state index is 13.2. The number of nitro benzene ring substituents is 1. The Hall–Kier alpha value is -3.59. The number of rotatable bonds is 6. The molecule has 4 aromatic rings. The van der Waals surface area contributed by atoms with E-state index < -0.39 is 4.92 Å². The number of nitro groups is 1. The Labute approximate surface area is 191 Å². The molecule has 2 aromatic heterocycles. The van der Waals surface area contributed by atoms with Gasteiger partial charge < -0.3 is 4.42 Å². The minimum absolute atomic E-state index is 0.00651. The zero-order valence-corrected chi connectivity index (χ0v) is 18.9. The number of fused-ring (bicyclic) bond motifs is 1. The standard InChI is InChI=1S/C23H19BrN4O4/c1-3-14(2)22-26-19-10-8-15(24)12-18(19)23(29)27(22)25-13-16-9-11-21(32-16)17-6-4-5-7-20(17)28(30)31/h4-14H,3H2,1-2H3/t14-/m1/s1. The smallest absolute Gasteiger partial charge is 0.282 e. The first-order valence-corrected chi connectivity index (χ1v) is 10.8. The van der Waals surface area contributed by atoms with Crippen LogP contribution in [0, 0.1) is 10.1 Å². The molecular weight excluding hydrogens is 476 g/mol. The third kappa shape index (κ3) is 4.11. The Morgan fingerprint density at radius 1 is 1.25 bits per heavy atom. The van der Waals surface area contributed by atoms with Crippen LogP contribution in [-0.4, -0.2) is 20.8 Å². The highest BCUT2D eigenvalue weighted by Gasteiger charge is 2.18. The van der Waals surface area contributed by atoms with E-state index in [0.717, 1.165) is 10.9 Å². The molecule has 0 saturated carbocycles. The van der Waals surface area contributed by atoms with Crippen molar-refractivity contribution < 1.29 is 9.34 Å². The maximum Gasteiger partial charge on any atom is 0.282 e. The summed E-state index contributed by atoms with van der Waals surface area (Å²) in [5.41, 5.74) is 0.640.